The average Bonchev–Trinajstić information content (AvgIpc) is 3.26. The van der Waals surface area contributed by atoms with Crippen LogP contribution in [-0.4, -0.2) is 37.6 Å². The first-order valence-corrected chi connectivity index (χ1v) is 9.20. The predicted molar refractivity (Wildman–Crippen MR) is 101 cm³/mol. The number of amides is 1. The van der Waals surface area contributed by atoms with Crippen molar-refractivity contribution in [3.8, 4) is 11.4 Å². The van der Waals surface area contributed by atoms with Gasteiger partial charge in [0.25, 0.3) is 0 Å². The van der Waals surface area contributed by atoms with E-state index in [1.165, 1.54) is 22.0 Å². The summed E-state index contributed by atoms with van der Waals surface area (Å²) in [6.07, 6.45) is 4.25. The van der Waals surface area contributed by atoms with Gasteiger partial charge >= 0.3 is 0 Å². The summed E-state index contributed by atoms with van der Waals surface area (Å²) in [6, 6.07) is 11.7. The zero-order chi connectivity index (χ0) is 18.1. The SMILES string of the molecule is CC(Sc1nnc(-c2cccnc2)n1N)C(=O)N1CCc2ccccc21. The summed E-state index contributed by atoms with van der Waals surface area (Å²) in [7, 11) is 0. The molecule has 1 aromatic carbocycles. The number of hydrogen-bond acceptors (Lipinski definition) is 6. The Morgan fingerprint density at radius 2 is 2.08 bits per heavy atom. The normalized spacial score (nSPS) is 14.3. The first-order valence-electron chi connectivity index (χ1n) is 8.32. The number of aromatic nitrogens is 4. The number of fused-ring (bicyclic) bond motifs is 1. The number of nitrogen functional groups attached to an aromatic ring is 1. The Morgan fingerprint density at radius 3 is 2.88 bits per heavy atom. The summed E-state index contributed by atoms with van der Waals surface area (Å²) in [5, 5.41) is 8.44. The van der Waals surface area contributed by atoms with Crippen molar-refractivity contribution >= 4 is 23.4 Å². The van der Waals surface area contributed by atoms with Gasteiger partial charge in [0.1, 0.15) is 0 Å². The van der Waals surface area contributed by atoms with Crippen LogP contribution < -0.4 is 10.7 Å². The molecule has 0 saturated carbocycles. The van der Waals surface area contributed by atoms with Crippen molar-refractivity contribution in [3.63, 3.8) is 0 Å². The molecule has 4 rings (SSSR count). The number of thioether (sulfide) groups is 1. The summed E-state index contributed by atoms with van der Waals surface area (Å²) >= 11 is 1.31. The van der Waals surface area contributed by atoms with E-state index in [4.69, 9.17) is 5.84 Å². The average molecular weight is 366 g/mol. The maximum atomic E-state index is 12.9. The van der Waals surface area contributed by atoms with Crippen molar-refractivity contribution < 1.29 is 4.79 Å². The van der Waals surface area contributed by atoms with Gasteiger partial charge < -0.3 is 10.7 Å². The Morgan fingerprint density at radius 1 is 1.23 bits per heavy atom. The molecule has 1 amide bonds. The lowest BCUT2D eigenvalue weighted by atomic mass is 10.2. The van der Waals surface area contributed by atoms with Gasteiger partial charge in [0.15, 0.2) is 5.82 Å². The molecule has 0 spiro atoms. The van der Waals surface area contributed by atoms with Gasteiger partial charge in [0.05, 0.1) is 5.25 Å². The molecule has 132 valence electrons. The van der Waals surface area contributed by atoms with Crippen LogP contribution in [0.2, 0.25) is 0 Å². The lowest BCUT2D eigenvalue weighted by molar-refractivity contribution is -0.117. The molecule has 26 heavy (non-hydrogen) atoms. The Hall–Kier alpha value is -2.87. The van der Waals surface area contributed by atoms with E-state index in [2.05, 4.69) is 21.2 Å². The van der Waals surface area contributed by atoms with Crippen LogP contribution in [0.15, 0.2) is 53.9 Å². The molecule has 2 N–H and O–H groups in total. The van der Waals surface area contributed by atoms with Crippen LogP contribution >= 0.6 is 11.8 Å². The van der Waals surface area contributed by atoms with Gasteiger partial charge in [-0.05, 0) is 37.1 Å². The molecule has 3 heterocycles. The minimum atomic E-state index is -0.325. The number of nitrogens with two attached hydrogens (primary N) is 1. The Balaban J connectivity index is 1.52. The van der Waals surface area contributed by atoms with Gasteiger partial charge in [-0.2, -0.15) is 0 Å². The fraction of sp³-hybridized carbons (Fsp3) is 0.222. The number of carbonyl (C=O) groups is 1. The van der Waals surface area contributed by atoms with Crippen molar-refractivity contribution in [2.75, 3.05) is 17.3 Å². The molecule has 0 aliphatic carbocycles. The van der Waals surface area contributed by atoms with E-state index in [1.54, 1.807) is 12.4 Å². The van der Waals surface area contributed by atoms with Crippen molar-refractivity contribution in [1.29, 1.82) is 0 Å². The summed E-state index contributed by atoms with van der Waals surface area (Å²) in [4.78, 5) is 18.8. The molecule has 0 bridgehead atoms. The fourth-order valence-corrected chi connectivity index (χ4v) is 3.88. The molecule has 3 aromatic rings. The predicted octanol–water partition coefficient (Wildman–Crippen LogP) is 2.12. The maximum Gasteiger partial charge on any atom is 0.240 e. The van der Waals surface area contributed by atoms with E-state index in [0.29, 0.717) is 17.5 Å². The standard InChI is InChI=1S/C18H18N6OS/c1-12(17(25)23-10-8-13-5-2-3-7-15(13)23)26-18-22-21-16(24(18)19)14-6-4-9-20-11-14/h2-7,9,11-12H,8,10,19H2,1H3. The van der Waals surface area contributed by atoms with Crippen LogP contribution in [0, 0.1) is 0 Å². The van der Waals surface area contributed by atoms with Crippen LogP contribution in [0.4, 0.5) is 5.69 Å². The second-order valence-electron chi connectivity index (χ2n) is 6.05. The lowest BCUT2D eigenvalue weighted by Gasteiger charge is -2.21. The van der Waals surface area contributed by atoms with Crippen LogP contribution in [-0.2, 0) is 11.2 Å². The van der Waals surface area contributed by atoms with E-state index in [9.17, 15) is 4.79 Å². The number of nitrogens with zero attached hydrogens (tertiary/aromatic N) is 5. The third-order valence-electron chi connectivity index (χ3n) is 4.37. The van der Waals surface area contributed by atoms with Gasteiger partial charge in [-0.1, -0.05) is 30.0 Å². The number of pyridine rings is 1. The van der Waals surface area contributed by atoms with Gasteiger partial charge in [-0.25, -0.2) is 4.68 Å². The number of carbonyl (C=O) groups excluding carboxylic acids is 1. The molecular formula is C18H18N6OS. The van der Waals surface area contributed by atoms with Gasteiger partial charge in [-0.15, -0.1) is 10.2 Å². The highest BCUT2D eigenvalue weighted by Crippen LogP contribution is 2.31. The minimum Gasteiger partial charge on any atom is -0.335 e. The summed E-state index contributed by atoms with van der Waals surface area (Å²) in [5.74, 6) is 6.70. The third kappa shape index (κ3) is 2.92. The zero-order valence-corrected chi connectivity index (χ0v) is 15.1. The topological polar surface area (TPSA) is 89.9 Å². The maximum absolute atomic E-state index is 12.9. The molecule has 8 heteroatoms. The van der Waals surface area contributed by atoms with Crippen LogP contribution in [0.25, 0.3) is 11.4 Å². The Labute approximate surface area is 155 Å². The van der Waals surface area contributed by atoms with Crippen LogP contribution in [0.1, 0.15) is 12.5 Å². The van der Waals surface area contributed by atoms with E-state index >= 15 is 0 Å². The molecule has 1 aliphatic rings. The van der Waals surface area contributed by atoms with Crippen molar-refractivity contribution in [2.45, 2.75) is 23.8 Å². The highest BCUT2D eigenvalue weighted by molar-refractivity contribution is 8.00. The summed E-state index contributed by atoms with van der Waals surface area (Å²) in [6.45, 7) is 2.58. The minimum absolute atomic E-state index is 0.0471. The monoisotopic (exact) mass is 366 g/mol. The Bertz CT molecular complexity index is 942. The Kier molecular flexibility index (Phi) is 4.34. The third-order valence-corrected chi connectivity index (χ3v) is 5.41. The highest BCUT2D eigenvalue weighted by Gasteiger charge is 2.29. The summed E-state index contributed by atoms with van der Waals surface area (Å²) in [5.41, 5.74) is 2.98. The van der Waals surface area contributed by atoms with Gasteiger partial charge in [0, 0.05) is 30.2 Å². The van der Waals surface area contributed by atoms with E-state index in [0.717, 1.165) is 17.7 Å². The smallest absolute Gasteiger partial charge is 0.240 e. The van der Waals surface area contributed by atoms with Crippen molar-refractivity contribution in [1.82, 2.24) is 19.9 Å². The van der Waals surface area contributed by atoms with E-state index < -0.39 is 0 Å². The van der Waals surface area contributed by atoms with Crippen LogP contribution in [0.5, 0.6) is 0 Å². The number of benzene rings is 1. The van der Waals surface area contributed by atoms with E-state index in [-0.39, 0.29) is 11.2 Å². The largest absolute Gasteiger partial charge is 0.335 e. The van der Waals surface area contributed by atoms with Crippen LogP contribution in [0.3, 0.4) is 0 Å². The molecule has 1 aliphatic heterocycles. The lowest BCUT2D eigenvalue weighted by Crippen LogP contribution is -2.35. The van der Waals surface area contributed by atoms with E-state index in [1.807, 2.05) is 42.2 Å². The molecule has 1 unspecified atom stereocenters. The number of para-hydroxylation sites is 1. The number of rotatable bonds is 4. The molecular weight excluding hydrogens is 348 g/mol. The second kappa shape index (κ2) is 6.80. The van der Waals surface area contributed by atoms with Crippen molar-refractivity contribution in [3.05, 3.63) is 54.4 Å². The molecule has 0 radical (unpaired) electrons. The molecule has 1 atom stereocenters. The van der Waals surface area contributed by atoms with Gasteiger partial charge in [0.2, 0.25) is 11.1 Å². The first-order chi connectivity index (χ1) is 12.6. The fourth-order valence-electron chi connectivity index (χ4n) is 3.04. The molecule has 7 nitrogen and oxygen atoms in total. The molecule has 0 fully saturated rings. The summed E-state index contributed by atoms with van der Waals surface area (Å²) < 4.78 is 1.41. The second-order valence-corrected chi connectivity index (χ2v) is 7.35. The number of hydrogen-bond donors (Lipinski definition) is 1. The number of anilines is 1. The zero-order valence-electron chi connectivity index (χ0n) is 14.2. The van der Waals surface area contributed by atoms with Crippen molar-refractivity contribution in [2.24, 2.45) is 0 Å². The first kappa shape index (κ1) is 16.6. The highest BCUT2D eigenvalue weighted by atomic mass is 32.2. The van der Waals surface area contributed by atoms with Gasteiger partial charge in [-0.3, -0.25) is 9.78 Å². The quantitative estimate of drug-likeness (QED) is 0.562. The molecule has 0 saturated heterocycles. The molecule has 2 aromatic heterocycles.